The summed E-state index contributed by atoms with van der Waals surface area (Å²) in [7, 11) is 1.77. The summed E-state index contributed by atoms with van der Waals surface area (Å²) in [6, 6.07) is 12.0. The second-order valence-electron chi connectivity index (χ2n) is 5.17. The molecule has 1 N–H and O–H groups in total. The molecule has 3 nitrogen and oxygen atoms in total. The summed E-state index contributed by atoms with van der Waals surface area (Å²) in [5, 5.41) is 12.5. The smallest absolute Gasteiger partial charge is 0.120 e. The molecule has 0 bridgehead atoms. The van der Waals surface area contributed by atoms with Gasteiger partial charge in [-0.1, -0.05) is 30.3 Å². The molecule has 1 heterocycles. The molecule has 1 aliphatic heterocycles. The highest BCUT2D eigenvalue weighted by Gasteiger charge is 2.23. The monoisotopic (exact) mass is 257 g/mol. The number of likely N-dealkylation sites (tertiary alicyclic amines) is 1. The zero-order valence-corrected chi connectivity index (χ0v) is 11.2. The number of ether oxygens (including phenoxy) is 1. The molecule has 100 valence electrons. The Balaban J connectivity index is 1.90. The van der Waals surface area contributed by atoms with Crippen molar-refractivity contribution in [2.75, 3.05) is 20.2 Å². The first-order valence-corrected chi connectivity index (χ1v) is 6.72. The normalized spacial score (nSPS) is 20.2. The lowest BCUT2D eigenvalue weighted by Crippen LogP contribution is -2.22. The van der Waals surface area contributed by atoms with Gasteiger partial charge in [-0.2, -0.15) is 0 Å². The summed E-state index contributed by atoms with van der Waals surface area (Å²) in [4.78, 5) is 2.34. The van der Waals surface area contributed by atoms with Gasteiger partial charge in [-0.25, -0.2) is 0 Å². The first kappa shape index (κ1) is 12.5. The number of phenols is 1. The SMILES string of the molecule is COC1CCN(Cc2c(O)ccc3ccccc23)C1. The van der Waals surface area contributed by atoms with Gasteiger partial charge in [-0.3, -0.25) is 4.90 Å². The summed E-state index contributed by atoms with van der Waals surface area (Å²) < 4.78 is 5.39. The molecular weight excluding hydrogens is 238 g/mol. The molecule has 0 amide bonds. The van der Waals surface area contributed by atoms with Crippen LogP contribution in [-0.4, -0.2) is 36.3 Å². The Morgan fingerprint density at radius 2 is 2.11 bits per heavy atom. The van der Waals surface area contributed by atoms with Crippen LogP contribution in [0.3, 0.4) is 0 Å². The number of hydrogen-bond acceptors (Lipinski definition) is 3. The highest BCUT2D eigenvalue weighted by atomic mass is 16.5. The van der Waals surface area contributed by atoms with Gasteiger partial charge in [0.05, 0.1) is 6.10 Å². The van der Waals surface area contributed by atoms with Crippen LogP contribution in [0, 0.1) is 0 Å². The molecule has 19 heavy (non-hydrogen) atoms. The van der Waals surface area contributed by atoms with Crippen molar-refractivity contribution in [3.8, 4) is 5.75 Å². The van der Waals surface area contributed by atoms with E-state index in [-0.39, 0.29) is 0 Å². The van der Waals surface area contributed by atoms with Crippen molar-refractivity contribution >= 4 is 10.8 Å². The van der Waals surface area contributed by atoms with Crippen LogP contribution in [0.4, 0.5) is 0 Å². The van der Waals surface area contributed by atoms with Crippen LogP contribution in [0.2, 0.25) is 0 Å². The first-order valence-electron chi connectivity index (χ1n) is 6.72. The lowest BCUT2D eigenvalue weighted by atomic mass is 10.0. The van der Waals surface area contributed by atoms with E-state index < -0.39 is 0 Å². The molecule has 0 aromatic heterocycles. The highest BCUT2D eigenvalue weighted by Crippen LogP contribution is 2.29. The van der Waals surface area contributed by atoms with Crippen LogP contribution < -0.4 is 0 Å². The van der Waals surface area contributed by atoms with Gasteiger partial charge >= 0.3 is 0 Å². The van der Waals surface area contributed by atoms with Crippen LogP contribution >= 0.6 is 0 Å². The van der Waals surface area contributed by atoms with E-state index in [2.05, 4.69) is 17.0 Å². The van der Waals surface area contributed by atoms with Crippen molar-refractivity contribution in [1.29, 1.82) is 0 Å². The van der Waals surface area contributed by atoms with Crippen molar-refractivity contribution in [3.63, 3.8) is 0 Å². The lowest BCUT2D eigenvalue weighted by Gasteiger charge is -2.18. The summed E-state index contributed by atoms with van der Waals surface area (Å²) in [6.45, 7) is 2.76. The van der Waals surface area contributed by atoms with Gasteiger partial charge in [-0.05, 0) is 23.3 Å². The number of methoxy groups -OCH3 is 1. The van der Waals surface area contributed by atoms with Gasteiger partial charge in [0.15, 0.2) is 0 Å². The van der Waals surface area contributed by atoms with E-state index in [1.165, 1.54) is 5.39 Å². The van der Waals surface area contributed by atoms with E-state index in [1.807, 2.05) is 18.2 Å². The van der Waals surface area contributed by atoms with E-state index in [0.29, 0.717) is 11.9 Å². The third-order valence-electron chi connectivity index (χ3n) is 3.96. The van der Waals surface area contributed by atoms with E-state index in [4.69, 9.17) is 4.74 Å². The molecule has 1 aliphatic rings. The first-order chi connectivity index (χ1) is 9.28. The Labute approximate surface area is 113 Å². The average molecular weight is 257 g/mol. The molecule has 1 unspecified atom stereocenters. The minimum Gasteiger partial charge on any atom is -0.508 e. The zero-order chi connectivity index (χ0) is 13.2. The maximum atomic E-state index is 10.1. The fourth-order valence-corrected chi connectivity index (χ4v) is 2.85. The van der Waals surface area contributed by atoms with E-state index in [0.717, 1.165) is 37.0 Å². The van der Waals surface area contributed by atoms with Crippen molar-refractivity contribution in [2.24, 2.45) is 0 Å². The summed E-state index contributed by atoms with van der Waals surface area (Å²) in [5.74, 6) is 0.388. The number of hydrogen-bond donors (Lipinski definition) is 1. The molecule has 0 aliphatic carbocycles. The molecular formula is C16H19NO2. The molecule has 0 spiro atoms. The molecule has 2 aromatic rings. The summed E-state index contributed by atoms with van der Waals surface area (Å²) >= 11 is 0. The second-order valence-corrected chi connectivity index (χ2v) is 5.17. The standard InChI is InChI=1S/C16H19NO2/c1-19-13-8-9-17(10-13)11-15-14-5-3-2-4-12(14)6-7-16(15)18/h2-7,13,18H,8-11H2,1H3. The Hall–Kier alpha value is -1.58. The lowest BCUT2D eigenvalue weighted by molar-refractivity contribution is 0.107. The van der Waals surface area contributed by atoms with Crippen LogP contribution in [0.1, 0.15) is 12.0 Å². The molecule has 0 radical (unpaired) electrons. The number of nitrogens with zero attached hydrogens (tertiary/aromatic N) is 1. The number of phenolic OH excluding ortho intramolecular Hbond substituents is 1. The summed E-state index contributed by atoms with van der Waals surface area (Å²) in [6.07, 6.45) is 1.40. The minimum absolute atomic E-state index is 0.331. The predicted octanol–water partition coefficient (Wildman–Crippen LogP) is 2.77. The number of aromatic hydroxyl groups is 1. The summed E-state index contributed by atoms with van der Waals surface area (Å²) in [5.41, 5.74) is 1.02. The van der Waals surface area contributed by atoms with Gasteiger partial charge in [0.2, 0.25) is 0 Å². The third kappa shape index (κ3) is 2.44. The zero-order valence-electron chi connectivity index (χ0n) is 11.2. The van der Waals surface area contributed by atoms with Crippen molar-refractivity contribution in [3.05, 3.63) is 42.0 Å². The fraction of sp³-hybridized carbons (Fsp3) is 0.375. The van der Waals surface area contributed by atoms with E-state index in [9.17, 15) is 5.11 Å². The third-order valence-corrected chi connectivity index (χ3v) is 3.96. The van der Waals surface area contributed by atoms with Crippen LogP contribution in [0.25, 0.3) is 10.8 Å². The largest absolute Gasteiger partial charge is 0.508 e. The Morgan fingerprint density at radius 1 is 1.26 bits per heavy atom. The maximum Gasteiger partial charge on any atom is 0.120 e. The van der Waals surface area contributed by atoms with Gasteiger partial charge in [0.25, 0.3) is 0 Å². The van der Waals surface area contributed by atoms with Crippen molar-refractivity contribution in [2.45, 2.75) is 19.1 Å². The fourth-order valence-electron chi connectivity index (χ4n) is 2.85. The number of benzene rings is 2. The van der Waals surface area contributed by atoms with Gasteiger partial charge in [-0.15, -0.1) is 0 Å². The average Bonchev–Trinajstić information content (AvgIpc) is 2.90. The van der Waals surface area contributed by atoms with Gasteiger partial charge in [0.1, 0.15) is 5.75 Å². The quantitative estimate of drug-likeness (QED) is 0.917. The number of fused-ring (bicyclic) bond motifs is 1. The molecule has 1 saturated heterocycles. The Kier molecular flexibility index (Phi) is 3.40. The number of rotatable bonds is 3. The molecule has 1 fully saturated rings. The van der Waals surface area contributed by atoms with Crippen LogP contribution in [-0.2, 0) is 11.3 Å². The molecule has 1 atom stereocenters. The van der Waals surface area contributed by atoms with Crippen LogP contribution in [0.5, 0.6) is 5.75 Å². The molecule has 2 aromatic carbocycles. The topological polar surface area (TPSA) is 32.7 Å². The Bertz CT molecular complexity index is 582. The van der Waals surface area contributed by atoms with Crippen LogP contribution in [0.15, 0.2) is 36.4 Å². The van der Waals surface area contributed by atoms with E-state index >= 15 is 0 Å². The second kappa shape index (κ2) is 5.19. The van der Waals surface area contributed by atoms with Gasteiger partial charge in [0, 0.05) is 32.3 Å². The van der Waals surface area contributed by atoms with Gasteiger partial charge < -0.3 is 9.84 Å². The molecule has 0 saturated carbocycles. The maximum absolute atomic E-state index is 10.1. The van der Waals surface area contributed by atoms with E-state index in [1.54, 1.807) is 13.2 Å². The van der Waals surface area contributed by atoms with Crippen molar-refractivity contribution in [1.82, 2.24) is 4.90 Å². The predicted molar refractivity (Wildman–Crippen MR) is 76.3 cm³/mol. The molecule has 3 heteroatoms. The minimum atomic E-state index is 0.331. The van der Waals surface area contributed by atoms with Crippen molar-refractivity contribution < 1.29 is 9.84 Å². The highest BCUT2D eigenvalue weighted by molar-refractivity contribution is 5.87. The molecule has 3 rings (SSSR count). The Morgan fingerprint density at radius 3 is 2.89 bits per heavy atom.